The molecule has 254 valence electrons. The quantitative estimate of drug-likeness (QED) is 0.252. The molecule has 0 amide bonds. The van der Waals surface area contributed by atoms with E-state index in [0.29, 0.717) is 61.8 Å². The largest absolute Gasteiger partial charge is 0.489 e. The van der Waals surface area contributed by atoms with E-state index in [9.17, 15) is 23.1 Å². The van der Waals surface area contributed by atoms with E-state index in [0.717, 1.165) is 36.1 Å². The number of carbonyl (C=O) groups is 1. The van der Waals surface area contributed by atoms with Crippen molar-refractivity contribution in [3.63, 3.8) is 0 Å². The van der Waals surface area contributed by atoms with E-state index >= 15 is 8.78 Å². The van der Waals surface area contributed by atoms with Crippen molar-refractivity contribution in [1.29, 1.82) is 0 Å². The highest BCUT2D eigenvalue weighted by Crippen LogP contribution is 2.43. The molecule has 11 heteroatoms. The van der Waals surface area contributed by atoms with Gasteiger partial charge in [0.1, 0.15) is 24.0 Å². The van der Waals surface area contributed by atoms with Crippen molar-refractivity contribution >= 4 is 11.7 Å². The molecule has 1 N–H and O–H groups in total. The van der Waals surface area contributed by atoms with Gasteiger partial charge in [-0.2, -0.15) is 13.2 Å². The number of rotatable bonds is 8. The molecule has 3 aromatic rings. The molecule has 47 heavy (non-hydrogen) atoms. The summed E-state index contributed by atoms with van der Waals surface area (Å²) in [6.07, 6.45) is -0.477. The maximum atomic E-state index is 16.2. The first kappa shape index (κ1) is 34.6. The Kier molecular flexibility index (Phi) is 11.4. The molecule has 1 saturated heterocycles. The number of carboxylic acid groups (broad SMARTS) is 1. The lowest BCUT2D eigenvalue weighted by atomic mass is 9.84. The maximum absolute atomic E-state index is 16.2. The van der Waals surface area contributed by atoms with E-state index in [4.69, 9.17) is 4.74 Å². The second-order valence-corrected chi connectivity index (χ2v) is 12.6. The smallest absolute Gasteiger partial charge is 0.401 e. The topological polar surface area (TPSA) is 56.3 Å². The number of hydrogen-bond acceptors (Lipinski definition) is 5. The Bertz CT molecular complexity index is 1480. The molecule has 0 aliphatic carbocycles. The molecular weight excluding hydrogens is 617 g/mol. The Hall–Kier alpha value is -3.70. The minimum atomic E-state index is -4.57. The molecular formula is C36H42F5N3O3. The summed E-state index contributed by atoms with van der Waals surface area (Å²) >= 11 is 0. The van der Waals surface area contributed by atoms with Crippen molar-refractivity contribution < 1.29 is 36.6 Å². The second kappa shape index (κ2) is 15.5. The van der Waals surface area contributed by atoms with E-state index in [1.165, 1.54) is 12.1 Å². The third-order valence-corrected chi connectivity index (χ3v) is 9.05. The summed E-state index contributed by atoms with van der Waals surface area (Å²) in [6, 6.07) is 15.2. The summed E-state index contributed by atoms with van der Waals surface area (Å²) in [5.41, 5.74) is 2.02. The van der Waals surface area contributed by atoms with Crippen LogP contribution in [-0.2, 0) is 17.8 Å². The van der Waals surface area contributed by atoms with Crippen LogP contribution >= 0.6 is 0 Å². The average Bonchev–Trinajstić information content (AvgIpc) is 3.06. The molecule has 0 aromatic heterocycles. The molecule has 2 aliphatic heterocycles. The number of hydrogen-bond donors (Lipinski definition) is 1. The normalized spacial score (nSPS) is 20.3. The summed E-state index contributed by atoms with van der Waals surface area (Å²) in [5, 5.41) is 9.20. The Morgan fingerprint density at radius 2 is 1.53 bits per heavy atom. The first-order valence-electron chi connectivity index (χ1n) is 16.3. The fourth-order valence-corrected chi connectivity index (χ4v) is 6.80. The Morgan fingerprint density at radius 1 is 0.894 bits per heavy atom. The van der Waals surface area contributed by atoms with E-state index in [1.807, 2.05) is 40.1 Å². The van der Waals surface area contributed by atoms with Crippen molar-refractivity contribution in [2.24, 2.45) is 0 Å². The highest BCUT2D eigenvalue weighted by Gasteiger charge is 2.42. The van der Waals surface area contributed by atoms with Crippen LogP contribution in [0, 0.1) is 11.6 Å². The molecule has 0 bridgehead atoms. The predicted molar refractivity (Wildman–Crippen MR) is 171 cm³/mol. The van der Waals surface area contributed by atoms with E-state index in [2.05, 4.69) is 0 Å². The van der Waals surface area contributed by atoms with Crippen molar-refractivity contribution in [2.75, 3.05) is 44.2 Å². The van der Waals surface area contributed by atoms with Crippen molar-refractivity contribution in [2.45, 2.75) is 70.3 Å². The standard InChI is InChI=1S/C36H42F5N3O3/c1-25-18-27-19-29(47-23-26-10-4-2-5-11-26)12-13-30(27)35(44(25)24-36(39,40)41)34-31(37)20-28(21-32(34)38)43-16-7-3-6-14-42(22-33(45)46)15-8-9-17-43/h2,4-5,10-13,19-21,25,35H,3,6-9,14-18,22-24H2,1H3,(H,45,46)/t25-,35?/m1/s1. The van der Waals surface area contributed by atoms with Gasteiger partial charge in [0.25, 0.3) is 0 Å². The summed E-state index contributed by atoms with van der Waals surface area (Å²) in [4.78, 5) is 16.2. The van der Waals surface area contributed by atoms with E-state index < -0.39 is 48.0 Å². The van der Waals surface area contributed by atoms with Gasteiger partial charge in [0, 0.05) is 30.4 Å². The van der Waals surface area contributed by atoms with Crippen molar-refractivity contribution in [3.8, 4) is 5.75 Å². The van der Waals surface area contributed by atoms with Gasteiger partial charge in [0.15, 0.2) is 0 Å². The number of halogens is 5. The molecule has 1 unspecified atom stereocenters. The first-order chi connectivity index (χ1) is 22.5. The average molecular weight is 660 g/mol. The van der Waals surface area contributed by atoms with Crippen LogP contribution in [-0.4, -0.2) is 72.4 Å². The van der Waals surface area contributed by atoms with Gasteiger partial charge in [0.05, 0.1) is 19.1 Å². The van der Waals surface area contributed by atoms with Gasteiger partial charge in [-0.15, -0.1) is 0 Å². The molecule has 0 saturated carbocycles. The van der Waals surface area contributed by atoms with Gasteiger partial charge in [0.2, 0.25) is 0 Å². The molecule has 6 nitrogen and oxygen atoms in total. The van der Waals surface area contributed by atoms with Crippen LogP contribution in [0.2, 0.25) is 0 Å². The summed E-state index contributed by atoms with van der Waals surface area (Å²) in [5.74, 6) is -2.11. The molecule has 3 aromatic carbocycles. The van der Waals surface area contributed by atoms with E-state index in [-0.39, 0.29) is 13.0 Å². The van der Waals surface area contributed by atoms with Crippen LogP contribution in [0.4, 0.5) is 27.6 Å². The number of ether oxygens (including phenoxy) is 1. The minimum Gasteiger partial charge on any atom is -0.489 e. The lowest BCUT2D eigenvalue weighted by molar-refractivity contribution is -0.155. The zero-order valence-electron chi connectivity index (χ0n) is 26.6. The number of anilines is 1. The Morgan fingerprint density at radius 3 is 2.19 bits per heavy atom. The third-order valence-electron chi connectivity index (χ3n) is 9.05. The third kappa shape index (κ3) is 9.22. The van der Waals surface area contributed by atoms with Crippen LogP contribution in [0.15, 0.2) is 60.7 Å². The van der Waals surface area contributed by atoms with Crippen LogP contribution < -0.4 is 9.64 Å². The van der Waals surface area contributed by atoms with Gasteiger partial charge in [-0.25, -0.2) is 8.78 Å². The van der Waals surface area contributed by atoms with Crippen LogP contribution in [0.5, 0.6) is 5.75 Å². The Labute approximate surface area is 272 Å². The number of carboxylic acids is 1. The first-order valence-corrected chi connectivity index (χ1v) is 16.3. The minimum absolute atomic E-state index is 0.0160. The molecule has 2 aliphatic rings. The van der Waals surface area contributed by atoms with Crippen molar-refractivity contribution in [1.82, 2.24) is 9.80 Å². The van der Waals surface area contributed by atoms with Gasteiger partial charge in [-0.1, -0.05) is 42.8 Å². The second-order valence-electron chi connectivity index (χ2n) is 12.6. The number of fused-ring (bicyclic) bond motifs is 1. The fourth-order valence-electron chi connectivity index (χ4n) is 6.80. The van der Waals surface area contributed by atoms with Crippen LogP contribution in [0.3, 0.4) is 0 Å². The summed E-state index contributed by atoms with van der Waals surface area (Å²) in [7, 11) is 0. The van der Waals surface area contributed by atoms with Gasteiger partial charge < -0.3 is 14.7 Å². The number of benzene rings is 3. The molecule has 1 fully saturated rings. The summed E-state index contributed by atoms with van der Waals surface area (Å²) in [6.45, 7) is 3.01. The molecule has 2 heterocycles. The number of alkyl halides is 3. The molecule has 2 atom stereocenters. The van der Waals surface area contributed by atoms with Gasteiger partial charge in [-0.3, -0.25) is 14.6 Å². The van der Waals surface area contributed by atoms with Gasteiger partial charge >= 0.3 is 12.1 Å². The Balaban J connectivity index is 1.42. The van der Waals surface area contributed by atoms with Crippen LogP contribution in [0.25, 0.3) is 0 Å². The van der Waals surface area contributed by atoms with Crippen LogP contribution in [0.1, 0.15) is 67.3 Å². The van der Waals surface area contributed by atoms with Gasteiger partial charge in [-0.05, 0) is 93.1 Å². The fraction of sp³-hybridized carbons (Fsp3) is 0.472. The van der Waals surface area contributed by atoms with Crippen molar-refractivity contribution in [3.05, 3.63) is 94.6 Å². The van der Waals surface area contributed by atoms with E-state index in [1.54, 1.807) is 25.1 Å². The monoisotopic (exact) mass is 659 g/mol. The maximum Gasteiger partial charge on any atom is 0.401 e. The summed E-state index contributed by atoms with van der Waals surface area (Å²) < 4.78 is 79.9. The number of nitrogens with zero attached hydrogens (tertiary/aromatic N) is 3. The zero-order valence-corrected chi connectivity index (χ0v) is 26.6. The lowest BCUT2D eigenvalue weighted by Crippen LogP contribution is -2.47. The SMILES string of the molecule is C[C@@H]1Cc2cc(OCc3ccccc3)ccc2C(c2c(F)cc(N3CCCCCN(CC(=O)O)CCCC3)cc2F)N1CC(F)(F)F. The molecule has 0 spiro atoms. The number of aliphatic carboxylic acids is 1. The predicted octanol–water partition coefficient (Wildman–Crippen LogP) is 7.60. The molecule has 5 rings (SSSR count). The molecule has 0 radical (unpaired) electrons. The highest BCUT2D eigenvalue weighted by atomic mass is 19.4. The lowest BCUT2D eigenvalue weighted by Gasteiger charge is -2.42. The highest BCUT2D eigenvalue weighted by molar-refractivity contribution is 5.69. The zero-order chi connectivity index (χ0) is 33.6.